The zero-order valence-corrected chi connectivity index (χ0v) is 20.3. The number of amidine groups is 1. The van der Waals surface area contributed by atoms with Gasteiger partial charge in [0.1, 0.15) is 5.70 Å². The number of amides is 1. The monoisotopic (exact) mass is 505 g/mol. The number of halogens is 3. The molecule has 5 rings (SSSR count). The van der Waals surface area contributed by atoms with Crippen LogP contribution in [0, 0.1) is 0 Å². The number of rotatable bonds is 6. The van der Waals surface area contributed by atoms with E-state index in [4.69, 9.17) is 5.73 Å². The molecule has 2 aliphatic rings. The van der Waals surface area contributed by atoms with Gasteiger partial charge in [0, 0.05) is 43.5 Å². The Morgan fingerprint density at radius 2 is 1.84 bits per heavy atom. The van der Waals surface area contributed by atoms with E-state index in [0.717, 1.165) is 65.4 Å². The van der Waals surface area contributed by atoms with Crippen molar-refractivity contribution >= 4 is 35.2 Å². The molecule has 2 aliphatic heterocycles. The molecule has 3 heterocycles. The van der Waals surface area contributed by atoms with Crippen molar-refractivity contribution in [3.05, 3.63) is 83.3 Å². The summed E-state index contributed by atoms with van der Waals surface area (Å²) in [7, 11) is 0.471. The third-order valence-electron chi connectivity index (χ3n) is 6.81. The van der Waals surface area contributed by atoms with Gasteiger partial charge < -0.3 is 16.0 Å². The third-order valence-corrected chi connectivity index (χ3v) is 6.81. The molecular weight excluding hydrogens is 478 g/mol. The fourth-order valence-corrected chi connectivity index (χ4v) is 4.81. The largest absolute Gasteiger partial charge is 0.416 e. The van der Waals surface area contributed by atoms with Gasteiger partial charge in [0.05, 0.1) is 11.3 Å². The van der Waals surface area contributed by atoms with Gasteiger partial charge in [-0.2, -0.15) is 13.2 Å². The predicted molar refractivity (Wildman–Crippen MR) is 140 cm³/mol. The van der Waals surface area contributed by atoms with Crippen LogP contribution in [0.3, 0.4) is 0 Å². The molecule has 3 N–H and O–H groups in total. The normalized spacial score (nSPS) is 16.6. The molecule has 0 spiro atoms. The Kier molecular flexibility index (Phi) is 7.01. The second kappa shape index (κ2) is 10.4. The number of aliphatic imine (C=N–C) groups is 1. The van der Waals surface area contributed by atoms with Crippen LogP contribution >= 0.6 is 0 Å². The lowest BCUT2D eigenvalue weighted by atomic mass is 9.66. The van der Waals surface area contributed by atoms with Gasteiger partial charge in [-0.25, -0.2) is 4.99 Å². The molecule has 1 aromatic heterocycles. The van der Waals surface area contributed by atoms with E-state index in [1.54, 1.807) is 12.4 Å². The second-order valence-electron chi connectivity index (χ2n) is 9.54. The van der Waals surface area contributed by atoms with Crippen molar-refractivity contribution in [1.29, 1.82) is 0 Å². The van der Waals surface area contributed by atoms with E-state index >= 15 is 0 Å². The van der Waals surface area contributed by atoms with E-state index in [1.165, 1.54) is 12.1 Å². The quantitative estimate of drug-likeness (QED) is 0.503. The molecule has 1 amide bonds. The summed E-state index contributed by atoms with van der Waals surface area (Å²) in [6, 6.07) is 12.7. The van der Waals surface area contributed by atoms with Crippen LogP contribution < -0.4 is 11.1 Å². The average molecular weight is 505 g/mol. The van der Waals surface area contributed by atoms with Gasteiger partial charge in [-0.3, -0.25) is 9.78 Å². The minimum Gasteiger partial charge on any atom is -0.380 e. The van der Waals surface area contributed by atoms with Crippen LogP contribution in [0.2, 0.25) is 0 Å². The van der Waals surface area contributed by atoms with Crippen LogP contribution in [0.25, 0.3) is 16.2 Å². The van der Waals surface area contributed by atoms with E-state index in [1.807, 2.05) is 23.1 Å². The molecule has 0 bridgehead atoms. The molecule has 0 aliphatic carbocycles. The Morgan fingerprint density at radius 3 is 2.57 bits per heavy atom. The smallest absolute Gasteiger partial charge is 0.380 e. The fourth-order valence-electron chi connectivity index (χ4n) is 4.81. The first kappa shape index (κ1) is 25.0. The summed E-state index contributed by atoms with van der Waals surface area (Å²) in [5.74, 6) is -0.0619. The van der Waals surface area contributed by atoms with Crippen LogP contribution in [0.1, 0.15) is 29.5 Å². The molecule has 10 heteroatoms. The van der Waals surface area contributed by atoms with Crippen molar-refractivity contribution in [3.8, 4) is 0 Å². The molecule has 3 aromatic rings. The zero-order valence-electron chi connectivity index (χ0n) is 20.3. The highest BCUT2D eigenvalue weighted by molar-refractivity contribution is 6.91. The highest BCUT2D eigenvalue weighted by atomic mass is 19.4. The van der Waals surface area contributed by atoms with Gasteiger partial charge >= 0.3 is 6.18 Å². The molecule has 0 radical (unpaired) electrons. The highest BCUT2D eigenvalue weighted by Crippen LogP contribution is 2.30. The number of carbonyl (C=O) groups is 1. The minimum atomic E-state index is -4.36. The van der Waals surface area contributed by atoms with Crippen molar-refractivity contribution in [2.24, 2.45) is 10.7 Å². The molecule has 6 nitrogen and oxygen atoms in total. The number of nitrogens with zero attached hydrogens (tertiary/aromatic N) is 3. The maximum absolute atomic E-state index is 13.3. The summed E-state index contributed by atoms with van der Waals surface area (Å²) >= 11 is 0. The van der Waals surface area contributed by atoms with Crippen molar-refractivity contribution in [1.82, 2.24) is 15.2 Å². The average Bonchev–Trinajstić information content (AvgIpc) is 3.57. The Morgan fingerprint density at radius 1 is 1.08 bits per heavy atom. The van der Waals surface area contributed by atoms with Crippen LogP contribution in [0.4, 0.5) is 13.2 Å². The summed E-state index contributed by atoms with van der Waals surface area (Å²) in [4.78, 5) is 24.0. The number of benzene rings is 2. The molecular formula is C27H27BF3N5O. The zero-order chi connectivity index (χ0) is 26.0. The lowest BCUT2D eigenvalue weighted by Gasteiger charge is -2.16. The number of nitrogens with one attached hydrogen (secondary N) is 1. The number of hydrogen-bond acceptors (Lipinski definition) is 5. The summed E-state index contributed by atoms with van der Waals surface area (Å²) in [5, 5.41) is 5.33. The van der Waals surface area contributed by atoms with Crippen molar-refractivity contribution in [3.63, 3.8) is 0 Å². The number of hydrogen-bond donors (Lipinski definition) is 2. The van der Waals surface area contributed by atoms with Gasteiger partial charge in [0.2, 0.25) is 7.28 Å². The lowest BCUT2D eigenvalue weighted by molar-refractivity contribution is -0.137. The van der Waals surface area contributed by atoms with Gasteiger partial charge in [-0.15, -0.1) is 0 Å². The van der Waals surface area contributed by atoms with Crippen molar-refractivity contribution in [2.45, 2.75) is 31.5 Å². The van der Waals surface area contributed by atoms with Crippen LogP contribution in [0.15, 0.2) is 71.6 Å². The van der Waals surface area contributed by atoms with Gasteiger partial charge in [-0.05, 0) is 65.5 Å². The van der Waals surface area contributed by atoms with Gasteiger partial charge in [-0.1, -0.05) is 24.3 Å². The van der Waals surface area contributed by atoms with Gasteiger partial charge in [0.15, 0.2) is 0 Å². The second-order valence-corrected chi connectivity index (χ2v) is 9.54. The highest BCUT2D eigenvalue weighted by Gasteiger charge is 2.31. The van der Waals surface area contributed by atoms with E-state index < -0.39 is 11.7 Å². The Hall–Kier alpha value is -3.66. The molecule has 0 unspecified atom stereocenters. The molecule has 37 heavy (non-hydrogen) atoms. The summed E-state index contributed by atoms with van der Waals surface area (Å²) in [6.45, 7) is 1.84. The number of alkyl halides is 3. The minimum absolute atomic E-state index is 0.0619. The third kappa shape index (κ3) is 5.69. The van der Waals surface area contributed by atoms with E-state index in [9.17, 15) is 18.0 Å². The maximum Gasteiger partial charge on any atom is 0.416 e. The van der Waals surface area contributed by atoms with Crippen molar-refractivity contribution < 1.29 is 18.0 Å². The maximum atomic E-state index is 13.3. The Bertz CT molecular complexity index is 1360. The number of pyridine rings is 1. The SMILES string of the molecule is N[C@H](CNC1=NC(C(=O)N2CCCC2)=C(c2ccc3cnccc3c2)B1)Cc1ccc(C(F)(F)F)cc1. The number of likely N-dealkylation sites (tertiary alicyclic amines) is 1. The number of fused-ring (bicyclic) bond motifs is 1. The summed E-state index contributed by atoms with van der Waals surface area (Å²) < 4.78 is 38.4. The molecule has 1 saturated heterocycles. The predicted octanol–water partition coefficient (Wildman–Crippen LogP) is 3.51. The topological polar surface area (TPSA) is 83.6 Å². The van der Waals surface area contributed by atoms with Crippen LogP contribution in [-0.2, 0) is 17.4 Å². The molecule has 1 fully saturated rings. The summed E-state index contributed by atoms with van der Waals surface area (Å²) in [5.41, 5.74) is 9.25. The standard InChI is InChI=1S/C27H27BF3N5O/c29-27(30,31)21-7-3-17(4-8-21)13-22(32)16-34-26-28-23(24(35-26)25(37)36-11-1-2-12-36)19-5-6-20-15-33-10-9-18(20)14-19/h3-10,14-15,22,28H,1-2,11-13,16,32H2,(H,34,35)/t22-/m0/s1. The van der Waals surface area contributed by atoms with Crippen LogP contribution in [-0.4, -0.2) is 54.5 Å². The Labute approximate surface area is 213 Å². The first-order chi connectivity index (χ1) is 17.8. The number of aromatic nitrogens is 1. The van der Waals surface area contributed by atoms with E-state index in [2.05, 4.69) is 21.4 Å². The van der Waals surface area contributed by atoms with Crippen molar-refractivity contribution in [2.75, 3.05) is 19.6 Å². The van der Waals surface area contributed by atoms with Gasteiger partial charge in [0.25, 0.3) is 5.91 Å². The van der Waals surface area contributed by atoms with Crippen LogP contribution in [0.5, 0.6) is 0 Å². The molecule has 2 aromatic carbocycles. The number of nitrogens with two attached hydrogens (primary N) is 1. The number of carbonyl (C=O) groups excluding carboxylic acids is 1. The van der Waals surface area contributed by atoms with E-state index in [0.29, 0.717) is 31.7 Å². The first-order valence-corrected chi connectivity index (χ1v) is 12.4. The Balaban J connectivity index is 1.29. The molecule has 1 atom stereocenters. The lowest BCUT2D eigenvalue weighted by Crippen LogP contribution is -2.40. The first-order valence-electron chi connectivity index (χ1n) is 12.4. The van der Waals surface area contributed by atoms with E-state index in [-0.39, 0.29) is 11.9 Å². The molecule has 0 saturated carbocycles. The summed E-state index contributed by atoms with van der Waals surface area (Å²) in [6.07, 6.45) is 1.58. The molecule has 190 valence electrons. The fraction of sp³-hybridized carbons (Fsp3) is 0.296.